The molecule has 1 heterocycles. The molecule has 1 aromatic rings. The minimum Gasteiger partial charge on any atom is -0.473 e. The second-order valence-electron chi connectivity index (χ2n) is 4.46. The summed E-state index contributed by atoms with van der Waals surface area (Å²) in [5.41, 5.74) is 1.11. The van der Waals surface area contributed by atoms with E-state index in [-0.39, 0.29) is 6.10 Å². The highest BCUT2D eigenvalue weighted by atomic mass is 16.5. The zero-order chi connectivity index (χ0) is 11.4. The highest BCUT2D eigenvalue weighted by Gasteiger charge is 2.25. The molecule has 0 saturated heterocycles. The van der Waals surface area contributed by atoms with E-state index >= 15 is 0 Å². The Balaban J connectivity index is 2.05. The van der Waals surface area contributed by atoms with E-state index in [4.69, 9.17) is 4.74 Å². The molecule has 3 heteroatoms. The van der Waals surface area contributed by atoms with Gasteiger partial charge in [0.05, 0.1) is 0 Å². The summed E-state index contributed by atoms with van der Waals surface area (Å²) >= 11 is 0. The fraction of sp³-hybridized carbons (Fsp3) is 0.615. The number of nitrogens with zero attached hydrogens (tertiary/aromatic N) is 1. The van der Waals surface area contributed by atoms with Gasteiger partial charge in [-0.1, -0.05) is 12.5 Å². The summed E-state index contributed by atoms with van der Waals surface area (Å²) in [6.45, 7) is 2.04. The number of rotatable bonds is 3. The molecule has 0 radical (unpaired) electrons. The van der Waals surface area contributed by atoms with Crippen molar-refractivity contribution in [3.8, 4) is 5.88 Å². The Hall–Kier alpha value is -1.09. The number of pyridine rings is 1. The van der Waals surface area contributed by atoms with E-state index in [1.54, 1.807) is 6.20 Å². The Labute approximate surface area is 97.2 Å². The van der Waals surface area contributed by atoms with Crippen LogP contribution in [0.5, 0.6) is 5.88 Å². The van der Waals surface area contributed by atoms with E-state index in [2.05, 4.69) is 10.3 Å². The predicted molar refractivity (Wildman–Crippen MR) is 64.7 cm³/mol. The van der Waals surface area contributed by atoms with Crippen molar-refractivity contribution in [1.82, 2.24) is 10.3 Å². The molecule has 1 aliphatic rings. The van der Waals surface area contributed by atoms with Crippen LogP contribution in [0, 0.1) is 6.92 Å². The summed E-state index contributed by atoms with van der Waals surface area (Å²) < 4.78 is 6.02. The van der Waals surface area contributed by atoms with Gasteiger partial charge in [0, 0.05) is 17.8 Å². The zero-order valence-corrected chi connectivity index (χ0v) is 10.1. The Morgan fingerprint density at radius 1 is 1.38 bits per heavy atom. The van der Waals surface area contributed by atoms with Crippen LogP contribution in [0.1, 0.15) is 31.2 Å². The molecule has 0 bridgehead atoms. The fourth-order valence-corrected chi connectivity index (χ4v) is 2.31. The number of likely N-dealkylation sites (N-methyl/N-ethyl adjacent to an activating group) is 1. The number of hydrogen-bond donors (Lipinski definition) is 1. The SMILES string of the molecule is CNC1CCCCC1Oc1ncccc1C. The van der Waals surface area contributed by atoms with Crippen LogP contribution in [0.3, 0.4) is 0 Å². The summed E-state index contributed by atoms with van der Waals surface area (Å²) in [6.07, 6.45) is 6.95. The molecule has 0 aliphatic heterocycles. The topological polar surface area (TPSA) is 34.1 Å². The van der Waals surface area contributed by atoms with Crippen LogP contribution in [-0.4, -0.2) is 24.2 Å². The Kier molecular flexibility index (Phi) is 3.78. The van der Waals surface area contributed by atoms with Crippen molar-refractivity contribution < 1.29 is 4.74 Å². The molecule has 2 rings (SSSR count). The van der Waals surface area contributed by atoms with Gasteiger partial charge in [-0.05, 0) is 39.3 Å². The number of aryl methyl sites for hydroxylation is 1. The highest BCUT2D eigenvalue weighted by Crippen LogP contribution is 2.24. The molecule has 0 aromatic carbocycles. The van der Waals surface area contributed by atoms with E-state index in [0.717, 1.165) is 17.9 Å². The molecular formula is C13H20N2O. The van der Waals surface area contributed by atoms with Crippen LogP contribution < -0.4 is 10.1 Å². The van der Waals surface area contributed by atoms with Crippen LogP contribution in [0.4, 0.5) is 0 Å². The maximum Gasteiger partial charge on any atom is 0.216 e. The highest BCUT2D eigenvalue weighted by molar-refractivity contribution is 5.23. The van der Waals surface area contributed by atoms with E-state index in [1.165, 1.54) is 19.3 Å². The number of ether oxygens (including phenoxy) is 1. The fourth-order valence-electron chi connectivity index (χ4n) is 2.31. The van der Waals surface area contributed by atoms with Gasteiger partial charge in [-0.2, -0.15) is 0 Å². The van der Waals surface area contributed by atoms with Crippen LogP contribution in [0.15, 0.2) is 18.3 Å². The van der Waals surface area contributed by atoms with Crippen LogP contribution in [-0.2, 0) is 0 Å². The van der Waals surface area contributed by atoms with Crippen molar-refractivity contribution in [3.63, 3.8) is 0 Å². The molecule has 1 saturated carbocycles. The lowest BCUT2D eigenvalue weighted by atomic mass is 9.92. The lowest BCUT2D eigenvalue weighted by molar-refractivity contribution is 0.112. The lowest BCUT2D eigenvalue weighted by Gasteiger charge is -2.31. The van der Waals surface area contributed by atoms with Gasteiger partial charge in [0.1, 0.15) is 6.10 Å². The van der Waals surface area contributed by atoms with E-state index in [1.807, 2.05) is 26.1 Å². The van der Waals surface area contributed by atoms with Gasteiger partial charge >= 0.3 is 0 Å². The number of aromatic nitrogens is 1. The zero-order valence-electron chi connectivity index (χ0n) is 10.1. The standard InChI is InChI=1S/C13H20N2O/c1-10-6-5-9-15-13(10)16-12-8-4-3-7-11(12)14-2/h5-6,9,11-12,14H,3-4,7-8H2,1-2H3. The van der Waals surface area contributed by atoms with E-state index < -0.39 is 0 Å². The normalized spacial score (nSPS) is 25.4. The quantitative estimate of drug-likeness (QED) is 0.848. The molecule has 1 aliphatic carbocycles. The van der Waals surface area contributed by atoms with Crippen molar-refractivity contribution in [3.05, 3.63) is 23.9 Å². The molecule has 16 heavy (non-hydrogen) atoms. The molecule has 1 aromatic heterocycles. The van der Waals surface area contributed by atoms with Gasteiger partial charge in [-0.15, -0.1) is 0 Å². The van der Waals surface area contributed by atoms with Gasteiger partial charge < -0.3 is 10.1 Å². The first-order valence-corrected chi connectivity index (χ1v) is 6.07. The van der Waals surface area contributed by atoms with Gasteiger partial charge in [0.25, 0.3) is 0 Å². The maximum atomic E-state index is 6.02. The average molecular weight is 220 g/mol. The Morgan fingerprint density at radius 2 is 2.19 bits per heavy atom. The van der Waals surface area contributed by atoms with E-state index in [9.17, 15) is 0 Å². The molecule has 0 amide bonds. The summed E-state index contributed by atoms with van der Waals surface area (Å²) in [6, 6.07) is 4.45. The molecule has 1 N–H and O–H groups in total. The van der Waals surface area contributed by atoms with Crippen molar-refractivity contribution in [2.24, 2.45) is 0 Å². The maximum absolute atomic E-state index is 6.02. The first kappa shape index (κ1) is 11.4. The minimum absolute atomic E-state index is 0.271. The monoisotopic (exact) mass is 220 g/mol. The summed E-state index contributed by atoms with van der Waals surface area (Å²) in [7, 11) is 2.01. The van der Waals surface area contributed by atoms with Crippen LogP contribution >= 0.6 is 0 Å². The molecule has 2 unspecified atom stereocenters. The Morgan fingerprint density at radius 3 is 2.94 bits per heavy atom. The molecular weight excluding hydrogens is 200 g/mol. The summed E-state index contributed by atoms with van der Waals surface area (Å²) in [4.78, 5) is 4.29. The Bertz CT molecular complexity index is 340. The number of hydrogen-bond acceptors (Lipinski definition) is 3. The predicted octanol–water partition coefficient (Wildman–Crippen LogP) is 2.30. The van der Waals surface area contributed by atoms with E-state index in [0.29, 0.717) is 6.04 Å². The third kappa shape index (κ3) is 2.53. The lowest BCUT2D eigenvalue weighted by Crippen LogP contribution is -2.43. The second-order valence-corrected chi connectivity index (χ2v) is 4.46. The van der Waals surface area contributed by atoms with Crippen molar-refractivity contribution in [2.45, 2.75) is 44.8 Å². The molecule has 3 nitrogen and oxygen atoms in total. The minimum atomic E-state index is 0.271. The third-order valence-corrected chi connectivity index (χ3v) is 3.30. The van der Waals surface area contributed by atoms with Crippen molar-refractivity contribution in [1.29, 1.82) is 0 Å². The van der Waals surface area contributed by atoms with Crippen molar-refractivity contribution in [2.75, 3.05) is 7.05 Å². The summed E-state index contributed by atoms with van der Waals surface area (Å²) in [5, 5.41) is 3.34. The first-order valence-electron chi connectivity index (χ1n) is 6.07. The van der Waals surface area contributed by atoms with Gasteiger partial charge in [-0.25, -0.2) is 4.98 Å². The molecule has 88 valence electrons. The van der Waals surface area contributed by atoms with Gasteiger partial charge in [-0.3, -0.25) is 0 Å². The largest absolute Gasteiger partial charge is 0.473 e. The third-order valence-electron chi connectivity index (χ3n) is 3.30. The van der Waals surface area contributed by atoms with Crippen LogP contribution in [0.2, 0.25) is 0 Å². The molecule has 2 atom stereocenters. The smallest absolute Gasteiger partial charge is 0.216 e. The molecule has 1 fully saturated rings. The first-order chi connectivity index (χ1) is 7.81. The molecule has 0 spiro atoms. The van der Waals surface area contributed by atoms with Gasteiger partial charge in [0.15, 0.2) is 0 Å². The second kappa shape index (κ2) is 5.30. The number of nitrogens with one attached hydrogen (secondary N) is 1. The average Bonchev–Trinajstić information content (AvgIpc) is 2.33. The van der Waals surface area contributed by atoms with Crippen LogP contribution in [0.25, 0.3) is 0 Å². The summed E-state index contributed by atoms with van der Waals surface area (Å²) in [5.74, 6) is 0.787. The van der Waals surface area contributed by atoms with Crippen molar-refractivity contribution >= 4 is 0 Å². The van der Waals surface area contributed by atoms with Gasteiger partial charge in [0.2, 0.25) is 5.88 Å².